The van der Waals surface area contributed by atoms with Gasteiger partial charge in [-0.25, -0.2) is 0 Å². The van der Waals surface area contributed by atoms with E-state index in [0.29, 0.717) is 16.9 Å². The van der Waals surface area contributed by atoms with Crippen LogP contribution >= 0.6 is 0 Å². The van der Waals surface area contributed by atoms with Gasteiger partial charge in [-0.2, -0.15) is 0 Å². The first-order chi connectivity index (χ1) is 16.0. The summed E-state index contributed by atoms with van der Waals surface area (Å²) in [5.74, 6) is 3.07. The van der Waals surface area contributed by atoms with Gasteiger partial charge in [0.25, 0.3) is 0 Å². The van der Waals surface area contributed by atoms with E-state index in [2.05, 4.69) is 67.8 Å². The first-order valence-corrected chi connectivity index (χ1v) is 13.2. The Labute approximate surface area is 208 Å². The summed E-state index contributed by atoms with van der Waals surface area (Å²) in [6.45, 7) is 11.6. The first-order valence-electron chi connectivity index (χ1n) is 11.5. The molecule has 4 rings (SSSR count). The number of nitrogens with one attached hydrogen (secondary N) is 1. The van der Waals surface area contributed by atoms with Crippen LogP contribution in [0, 0.1) is 17.7 Å². The molecular formula is C29H30N2O2Se. The van der Waals surface area contributed by atoms with Gasteiger partial charge in [-0.1, -0.05) is 0 Å². The third-order valence-electron chi connectivity index (χ3n) is 6.64. The van der Waals surface area contributed by atoms with E-state index in [4.69, 9.17) is 0 Å². The van der Waals surface area contributed by atoms with E-state index in [1.54, 1.807) is 30.5 Å². The van der Waals surface area contributed by atoms with E-state index in [-0.39, 0.29) is 37.4 Å². The molecule has 0 aliphatic heterocycles. The number of carbonyl (C=O) groups excluding carboxylic acids is 1. The van der Waals surface area contributed by atoms with Crippen molar-refractivity contribution in [2.24, 2.45) is 0 Å². The summed E-state index contributed by atoms with van der Waals surface area (Å²) in [5.41, 5.74) is 6.39. The molecule has 1 aliphatic rings. The van der Waals surface area contributed by atoms with E-state index >= 15 is 0 Å². The molecule has 2 N–H and O–H groups in total. The first kappa shape index (κ1) is 24.1. The topological polar surface area (TPSA) is 62.2 Å². The number of hydrogen-bond acceptors (Lipinski definition) is 3. The number of amides is 1. The molecule has 0 saturated heterocycles. The molecule has 2 aromatic carbocycles. The zero-order valence-electron chi connectivity index (χ0n) is 20.3. The number of benzene rings is 2. The number of aromatic hydroxyl groups is 1. The maximum absolute atomic E-state index is 12.4. The van der Waals surface area contributed by atoms with Crippen LogP contribution in [0.2, 0.25) is 0 Å². The van der Waals surface area contributed by atoms with Crippen LogP contribution in [0.15, 0.2) is 54.7 Å². The van der Waals surface area contributed by atoms with Crippen LogP contribution in [-0.2, 0) is 10.8 Å². The third-order valence-corrected chi connectivity index (χ3v) is 8.45. The van der Waals surface area contributed by atoms with Crippen molar-refractivity contribution in [1.82, 2.24) is 4.98 Å². The number of phenols is 1. The summed E-state index contributed by atoms with van der Waals surface area (Å²) in [6.07, 6.45) is 3.96. The van der Waals surface area contributed by atoms with Gasteiger partial charge in [0.15, 0.2) is 0 Å². The molecule has 0 radical (unpaired) electrons. The van der Waals surface area contributed by atoms with Crippen molar-refractivity contribution in [1.29, 1.82) is 0 Å². The number of aromatic nitrogens is 1. The molecule has 174 valence electrons. The van der Waals surface area contributed by atoms with Crippen molar-refractivity contribution in [2.45, 2.75) is 58.3 Å². The molecule has 0 spiro atoms. The van der Waals surface area contributed by atoms with Gasteiger partial charge in [-0.05, 0) is 0 Å². The molecule has 0 bridgehead atoms. The van der Waals surface area contributed by atoms with Crippen molar-refractivity contribution in [3.8, 4) is 16.5 Å². The van der Waals surface area contributed by atoms with Gasteiger partial charge in [0.1, 0.15) is 0 Å². The fourth-order valence-corrected chi connectivity index (χ4v) is 5.68. The molecule has 1 heterocycles. The number of carbonyl (C=O) groups is 1. The summed E-state index contributed by atoms with van der Waals surface area (Å²) < 4.78 is 1.33. The van der Waals surface area contributed by atoms with E-state index in [0.717, 1.165) is 0 Å². The van der Waals surface area contributed by atoms with Crippen LogP contribution in [0.4, 0.5) is 5.69 Å². The van der Waals surface area contributed by atoms with Crippen molar-refractivity contribution >= 4 is 31.0 Å². The Bertz CT molecular complexity index is 1280. The van der Waals surface area contributed by atoms with E-state index in [1.165, 1.54) is 46.1 Å². The van der Waals surface area contributed by atoms with Crippen LogP contribution in [-0.4, -0.2) is 31.0 Å². The third kappa shape index (κ3) is 5.20. The van der Waals surface area contributed by atoms with Crippen molar-refractivity contribution in [2.75, 3.05) is 5.32 Å². The van der Waals surface area contributed by atoms with Crippen LogP contribution in [0.3, 0.4) is 0 Å². The fraction of sp³-hybridized carbons (Fsp3) is 0.310. The molecule has 34 heavy (non-hydrogen) atoms. The van der Waals surface area contributed by atoms with Gasteiger partial charge in [-0.3, -0.25) is 0 Å². The molecule has 0 unspecified atom stereocenters. The van der Waals surface area contributed by atoms with Gasteiger partial charge in [0.05, 0.1) is 0 Å². The quantitative estimate of drug-likeness (QED) is 0.291. The Morgan fingerprint density at radius 3 is 2.26 bits per heavy atom. The molecule has 0 fully saturated rings. The van der Waals surface area contributed by atoms with Gasteiger partial charge in [0, 0.05) is 0 Å². The number of nitrogens with zero attached hydrogens (tertiary/aromatic N) is 1. The van der Waals surface area contributed by atoms with Gasteiger partial charge < -0.3 is 5.11 Å². The predicted molar refractivity (Wildman–Crippen MR) is 139 cm³/mol. The zero-order valence-corrected chi connectivity index (χ0v) is 22.0. The Morgan fingerprint density at radius 2 is 1.65 bits per heavy atom. The molecule has 1 amide bonds. The zero-order chi connectivity index (χ0) is 24.5. The van der Waals surface area contributed by atoms with Gasteiger partial charge in [0.2, 0.25) is 0 Å². The van der Waals surface area contributed by atoms with E-state index in [9.17, 15) is 9.90 Å². The Balaban J connectivity index is 1.47. The number of anilines is 1. The number of phenolic OH excluding ortho intramolecular Hbond substituents is 1. The number of rotatable bonds is 3. The number of fused-ring (bicyclic) bond motifs is 1. The van der Waals surface area contributed by atoms with Crippen LogP contribution in [0.1, 0.15) is 73.3 Å². The Morgan fingerprint density at radius 1 is 1.00 bits per heavy atom. The summed E-state index contributed by atoms with van der Waals surface area (Å²) in [4.78, 5) is 20.1. The normalized spacial score (nSPS) is 15.6. The Kier molecular flexibility index (Phi) is 6.58. The van der Waals surface area contributed by atoms with Crippen LogP contribution in [0.25, 0.3) is 0 Å². The number of aryl methyl sites for hydroxylation is 1. The second-order valence-corrected chi connectivity index (χ2v) is 12.0. The van der Waals surface area contributed by atoms with Crippen molar-refractivity contribution < 1.29 is 9.90 Å². The summed E-state index contributed by atoms with van der Waals surface area (Å²) >= 11 is 0.0212. The molecule has 0 atom stereocenters. The number of hydrogen-bond donors (Lipinski definition) is 2. The molecule has 4 nitrogen and oxygen atoms in total. The molecule has 1 aromatic heterocycles. The fourth-order valence-electron chi connectivity index (χ4n) is 4.30. The molecular weight excluding hydrogens is 487 g/mol. The van der Waals surface area contributed by atoms with E-state index < -0.39 is 0 Å². The molecule has 5 heteroatoms. The van der Waals surface area contributed by atoms with Crippen molar-refractivity contribution in [3.63, 3.8) is 0 Å². The minimum atomic E-state index is -0.253. The molecule has 0 saturated carbocycles. The second kappa shape index (κ2) is 9.29. The second-order valence-electron chi connectivity index (χ2n) is 10.2. The number of pyridine rings is 1. The van der Waals surface area contributed by atoms with Gasteiger partial charge in [-0.15, -0.1) is 0 Å². The summed E-state index contributed by atoms with van der Waals surface area (Å²) in [7, 11) is 0. The monoisotopic (exact) mass is 518 g/mol. The van der Waals surface area contributed by atoms with Crippen molar-refractivity contribution in [3.05, 3.63) is 82.7 Å². The Hall–Kier alpha value is -3.06. The minimum absolute atomic E-state index is 0.0212. The summed E-state index contributed by atoms with van der Waals surface area (Å²) in [5, 5.41) is 12.1. The standard InChI is InChI=1S/C29H30N2O2Se/c1-19-16-24-25(29(4,5)14-13-28(24,2)3)17-26(19)34-15-12-21-7-6-20(18-30-21)27(33)31-22-8-10-23(32)11-9-22/h6-11,16-18,32H,13-14H2,1-5H3,(H,31,33). The van der Waals surface area contributed by atoms with Crippen LogP contribution in [0.5, 0.6) is 5.75 Å². The summed E-state index contributed by atoms with van der Waals surface area (Å²) in [6, 6.07) is 14.6. The van der Waals surface area contributed by atoms with Crippen LogP contribution < -0.4 is 9.78 Å². The SMILES string of the molecule is Cc1cc2c(cc1[Se]C#Cc1ccc(C(=O)Nc3ccc(O)cc3)cn1)C(C)(C)CCC2(C)C. The maximum atomic E-state index is 12.4. The van der Waals surface area contributed by atoms with Gasteiger partial charge >= 0.3 is 204 Å². The van der Waals surface area contributed by atoms with E-state index in [1.807, 2.05) is 0 Å². The average molecular weight is 518 g/mol. The molecule has 1 aliphatic carbocycles. The predicted octanol–water partition coefficient (Wildman–Crippen LogP) is 5.04. The molecule has 3 aromatic rings. The average Bonchev–Trinajstić information content (AvgIpc) is 2.80.